The number of ether oxygens (including phenoxy) is 1. The minimum atomic E-state index is -0.377. The Morgan fingerprint density at radius 1 is 1.00 bits per heavy atom. The van der Waals surface area contributed by atoms with Crippen LogP contribution in [0.5, 0.6) is 5.75 Å². The number of hydrogen-bond acceptors (Lipinski definition) is 3. The predicted molar refractivity (Wildman–Crippen MR) is 129 cm³/mol. The number of nitrogens with zero attached hydrogens (tertiary/aromatic N) is 2. The molecule has 1 aliphatic rings. The third-order valence-electron chi connectivity index (χ3n) is 6.17. The van der Waals surface area contributed by atoms with Gasteiger partial charge in [0.1, 0.15) is 5.75 Å². The standard InChI is InChI=1S/C27H27ClN2O3/c1-29(16-19-9-4-3-5-10-19)27(32)24-18-30(26(31)20-11-8-12-21(28)15-20)17-23(24)22-13-6-7-14-25(22)33-2/h3-15,23-24H,16-18H2,1-2H3. The van der Waals surface area contributed by atoms with E-state index in [9.17, 15) is 9.59 Å². The monoisotopic (exact) mass is 462 g/mol. The van der Waals surface area contributed by atoms with E-state index in [4.69, 9.17) is 16.3 Å². The molecule has 0 spiro atoms. The summed E-state index contributed by atoms with van der Waals surface area (Å²) in [7, 11) is 3.44. The van der Waals surface area contributed by atoms with Crippen LogP contribution >= 0.6 is 11.6 Å². The van der Waals surface area contributed by atoms with Gasteiger partial charge in [-0.3, -0.25) is 9.59 Å². The maximum Gasteiger partial charge on any atom is 0.253 e. The summed E-state index contributed by atoms with van der Waals surface area (Å²) < 4.78 is 5.59. The molecule has 0 saturated carbocycles. The van der Waals surface area contributed by atoms with Crippen LogP contribution in [-0.4, -0.2) is 48.9 Å². The van der Waals surface area contributed by atoms with E-state index in [2.05, 4.69) is 0 Å². The van der Waals surface area contributed by atoms with Gasteiger partial charge < -0.3 is 14.5 Å². The fourth-order valence-electron chi connectivity index (χ4n) is 4.53. The molecule has 2 atom stereocenters. The van der Waals surface area contributed by atoms with Crippen molar-refractivity contribution in [3.63, 3.8) is 0 Å². The molecule has 0 N–H and O–H groups in total. The summed E-state index contributed by atoms with van der Waals surface area (Å²) in [6, 6.07) is 24.5. The molecule has 3 aromatic rings. The molecule has 2 amide bonds. The lowest BCUT2D eigenvalue weighted by Gasteiger charge is -2.25. The lowest BCUT2D eigenvalue weighted by Crippen LogP contribution is -2.36. The molecule has 1 aliphatic heterocycles. The highest BCUT2D eigenvalue weighted by Crippen LogP contribution is 2.39. The molecule has 2 unspecified atom stereocenters. The van der Waals surface area contributed by atoms with Gasteiger partial charge in [-0.25, -0.2) is 0 Å². The number of carbonyl (C=O) groups excluding carboxylic acids is 2. The molecule has 5 nitrogen and oxygen atoms in total. The summed E-state index contributed by atoms with van der Waals surface area (Å²) in [5.74, 6) is 0.0609. The van der Waals surface area contributed by atoms with Gasteiger partial charge in [-0.1, -0.05) is 66.2 Å². The Morgan fingerprint density at radius 2 is 1.73 bits per heavy atom. The zero-order valence-corrected chi connectivity index (χ0v) is 19.5. The lowest BCUT2D eigenvalue weighted by atomic mass is 9.87. The van der Waals surface area contributed by atoms with E-state index in [-0.39, 0.29) is 23.7 Å². The molecule has 170 valence electrons. The molecule has 1 heterocycles. The highest BCUT2D eigenvalue weighted by atomic mass is 35.5. The third-order valence-corrected chi connectivity index (χ3v) is 6.41. The second-order valence-electron chi connectivity index (χ2n) is 8.36. The number of rotatable bonds is 6. The van der Waals surface area contributed by atoms with E-state index in [1.165, 1.54) is 0 Å². The van der Waals surface area contributed by atoms with Gasteiger partial charge in [0.25, 0.3) is 5.91 Å². The number of amides is 2. The van der Waals surface area contributed by atoms with Crippen LogP contribution in [-0.2, 0) is 11.3 Å². The topological polar surface area (TPSA) is 49.9 Å². The third kappa shape index (κ3) is 5.04. The number of hydrogen-bond donors (Lipinski definition) is 0. The van der Waals surface area contributed by atoms with Gasteiger partial charge >= 0.3 is 0 Å². The van der Waals surface area contributed by atoms with Crippen molar-refractivity contribution in [2.75, 3.05) is 27.2 Å². The molecule has 0 aromatic heterocycles. The van der Waals surface area contributed by atoms with Gasteiger partial charge in [0, 0.05) is 43.2 Å². The van der Waals surface area contributed by atoms with Crippen LogP contribution in [0.4, 0.5) is 0 Å². The molecule has 0 radical (unpaired) electrons. The Kier molecular flexibility index (Phi) is 6.99. The maximum absolute atomic E-state index is 13.6. The molecule has 1 saturated heterocycles. The highest BCUT2D eigenvalue weighted by molar-refractivity contribution is 6.30. The lowest BCUT2D eigenvalue weighted by molar-refractivity contribution is -0.134. The van der Waals surface area contributed by atoms with Crippen molar-refractivity contribution in [3.05, 3.63) is 101 Å². The van der Waals surface area contributed by atoms with Gasteiger partial charge in [0.2, 0.25) is 5.91 Å². The fourth-order valence-corrected chi connectivity index (χ4v) is 4.72. The Labute approximate surface area is 199 Å². The largest absolute Gasteiger partial charge is 0.496 e. The summed E-state index contributed by atoms with van der Waals surface area (Å²) in [6.07, 6.45) is 0. The van der Waals surface area contributed by atoms with E-state index in [0.29, 0.717) is 30.2 Å². The molecule has 0 aliphatic carbocycles. The van der Waals surface area contributed by atoms with Crippen LogP contribution in [0.25, 0.3) is 0 Å². The van der Waals surface area contributed by atoms with Gasteiger partial charge in [-0.15, -0.1) is 0 Å². The Morgan fingerprint density at radius 3 is 2.45 bits per heavy atom. The summed E-state index contributed by atoms with van der Waals surface area (Å²) in [5, 5.41) is 0.511. The van der Waals surface area contributed by atoms with Crippen LogP contribution in [0.15, 0.2) is 78.9 Å². The van der Waals surface area contributed by atoms with Crippen molar-refractivity contribution in [2.24, 2.45) is 5.92 Å². The zero-order valence-electron chi connectivity index (χ0n) is 18.8. The van der Waals surface area contributed by atoms with Crippen molar-refractivity contribution >= 4 is 23.4 Å². The smallest absolute Gasteiger partial charge is 0.253 e. The first kappa shape index (κ1) is 22.9. The van der Waals surface area contributed by atoms with Crippen LogP contribution < -0.4 is 4.74 Å². The van der Waals surface area contributed by atoms with Crippen LogP contribution in [0, 0.1) is 5.92 Å². The fraction of sp³-hybridized carbons (Fsp3) is 0.259. The first-order chi connectivity index (χ1) is 16.0. The van der Waals surface area contributed by atoms with Gasteiger partial charge in [0.05, 0.1) is 13.0 Å². The predicted octanol–water partition coefficient (Wildman–Crippen LogP) is 4.86. The van der Waals surface area contributed by atoms with Crippen molar-refractivity contribution in [1.29, 1.82) is 0 Å². The first-order valence-electron chi connectivity index (χ1n) is 10.9. The van der Waals surface area contributed by atoms with E-state index in [1.807, 2.05) is 61.6 Å². The number of likely N-dealkylation sites (tertiary alicyclic amines) is 1. The van der Waals surface area contributed by atoms with Gasteiger partial charge in [-0.2, -0.15) is 0 Å². The molecule has 6 heteroatoms. The van der Waals surface area contributed by atoms with E-state index >= 15 is 0 Å². The Bertz CT molecular complexity index is 1130. The van der Waals surface area contributed by atoms with Crippen molar-refractivity contribution in [3.8, 4) is 5.75 Å². The van der Waals surface area contributed by atoms with Crippen molar-refractivity contribution in [2.45, 2.75) is 12.5 Å². The summed E-state index contributed by atoms with van der Waals surface area (Å²) >= 11 is 6.11. The second-order valence-corrected chi connectivity index (χ2v) is 8.79. The average Bonchev–Trinajstić information content (AvgIpc) is 3.28. The quantitative estimate of drug-likeness (QED) is 0.525. The van der Waals surface area contributed by atoms with Crippen LogP contribution in [0.1, 0.15) is 27.4 Å². The summed E-state index contributed by atoms with van der Waals surface area (Å²) in [4.78, 5) is 30.4. The Balaban J connectivity index is 1.63. The molecule has 33 heavy (non-hydrogen) atoms. The van der Waals surface area contributed by atoms with Gasteiger partial charge in [0.15, 0.2) is 0 Å². The second kappa shape index (κ2) is 10.1. The molecular weight excluding hydrogens is 436 g/mol. The number of methoxy groups -OCH3 is 1. The molecular formula is C27H27ClN2O3. The normalized spacial score (nSPS) is 17.6. The number of benzene rings is 3. The number of para-hydroxylation sites is 1. The maximum atomic E-state index is 13.6. The zero-order chi connectivity index (χ0) is 23.4. The minimum absolute atomic E-state index is 0.0103. The summed E-state index contributed by atoms with van der Waals surface area (Å²) in [5.41, 5.74) is 2.52. The van der Waals surface area contributed by atoms with Crippen LogP contribution in [0.2, 0.25) is 5.02 Å². The van der Waals surface area contributed by atoms with Crippen LogP contribution in [0.3, 0.4) is 0 Å². The molecule has 4 rings (SSSR count). The van der Waals surface area contributed by atoms with E-state index in [0.717, 1.165) is 16.9 Å². The SMILES string of the molecule is COc1ccccc1C1CN(C(=O)c2cccc(Cl)c2)CC1C(=O)N(C)Cc1ccccc1. The minimum Gasteiger partial charge on any atom is -0.496 e. The summed E-state index contributed by atoms with van der Waals surface area (Å²) in [6.45, 7) is 1.28. The average molecular weight is 463 g/mol. The molecule has 1 fully saturated rings. The molecule has 0 bridgehead atoms. The molecule has 3 aromatic carbocycles. The number of carbonyl (C=O) groups is 2. The number of halogens is 1. The van der Waals surface area contributed by atoms with Crippen molar-refractivity contribution < 1.29 is 14.3 Å². The van der Waals surface area contributed by atoms with Gasteiger partial charge in [-0.05, 0) is 35.4 Å². The Hall–Kier alpha value is -3.31. The highest BCUT2D eigenvalue weighted by Gasteiger charge is 2.42. The first-order valence-corrected chi connectivity index (χ1v) is 11.3. The van der Waals surface area contributed by atoms with E-state index in [1.54, 1.807) is 41.2 Å². The van der Waals surface area contributed by atoms with E-state index < -0.39 is 0 Å². The van der Waals surface area contributed by atoms with Crippen molar-refractivity contribution in [1.82, 2.24) is 9.80 Å².